The highest BCUT2D eigenvalue weighted by molar-refractivity contribution is 6.30. The SMILES string of the molecule is Cn1ncnc1COC(=O)N1C[C@H]2CC(Oc3ccc(Cl)cc3)C[C@H]2C1. The molecule has 26 heavy (non-hydrogen) atoms. The van der Waals surface area contributed by atoms with Crippen LogP contribution in [0.4, 0.5) is 4.79 Å². The van der Waals surface area contributed by atoms with Crippen molar-refractivity contribution in [2.75, 3.05) is 13.1 Å². The molecule has 1 aliphatic heterocycles. The molecule has 2 aromatic rings. The minimum absolute atomic E-state index is 0.142. The van der Waals surface area contributed by atoms with Crippen LogP contribution >= 0.6 is 11.6 Å². The maximum absolute atomic E-state index is 12.3. The van der Waals surface area contributed by atoms with Crippen molar-refractivity contribution in [3.8, 4) is 5.75 Å². The molecule has 1 saturated heterocycles. The van der Waals surface area contributed by atoms with Crippen LogP contribution in [-0.4, -0.2) is 45.0 Å². The number of carbonyl (C=O) groups excluding carboxylic acids is 1. The van der Waals surface area contributed by atoms with Crippen molar-refractivity contribution in [3.05, 3.63) is 41.4 Å². The van der Waals surface area contributed by atoms with Gasteiger partial charge in [-0.05, 0) is 48.9 Å². The maximum Gasteiger partial charge on any atom is 0.410 e. The van der Waals surface area contributed by atoms with Gasteiger partial charge >= 0.3 is 6.09 Å². The van der Waals surface area contributed by atoms with E-state index in [9.17, 15) is 4.79 Å². The average Bonchev–Trinajstić information content (AvgIpc) is 3.29. The first-order valence-electron chi connectivity index (χ1n) is 8.75. The Balaban J connectivity index is 1.26. The van der Waals surface area contributed by atoms with Crippen molar-refractivity contribution in [2.45, 2.75) is 25.6 Å². The van der Waals surface area contributed by atoms with E-state index in [0.29, 0.717) is 22.7 Å². The molecular weight excluding hydrogens is 356 g/mol. The number of amides is 1. The van der Waals surface area contributed by atoms with Crippen molar-refractivity contribution in [2.24, 2.45) is 18.9 Å². The molecule has 2 aliphatic rings. The van der Waals surface area contributed by atoms with Gasteiger partial charge in [0.25, 0.3) is 0 Å². The van der Waals surface area contributed by atoms with Gasteiger partial charge in [0, 0.05) is 25.2 Å². The zero-order valence-electron chi connectivity index (χ0n) is 14.5. The zero-order valence-corrected chi connectivity index (χ0v) is 15.3. The molecule has 0 bridgehead atoms. The summed E-state index contributed by atoms with van der Waals surface area (Å²) >= 11 is 5.91. The minimum atomic E-state index is -0.280. The van der Waals surface area contributed by atoms with Gasteiger partial charge in [-0.1, -0.05) is 11.6 Å². The number of aromatic nitrogens is 3. The molecule has 1 aromatic carbocycles. The van der Waals surface area contributed by atoms with Crippen LogP contribution in [0.15, 0.2) is 30.6 Å². The number of ether oxygens (including phenoxy) is 2. The van der Waals surface area contributed by atoms with E-state index in [0.717, 1.165) is 31.7 Å². The van der Waals surface area contributed by atoms with E-state index in [1.165, 1.54) is 6.33 Å². The van der Waals surface area contributed by atoms with E-state index in [1.807, 2.05) is 24.3 Å². The fourth-order valence-electron chi connectivity index (χ4n) is 3.86. The van der Waals surface area contributed by atoms with Gasteiger partial charge in [0.05, 0.1) is 6.10 Å². The number of carbonyl (C=O) groups is 1. The predicted molar refractivity (Wildman–Crippen MR) is 94.8 cm³/mol. The highest BCUT2D eigenvalue weighted by atomic mass is 35.5. The normalized spacial score (nSPS) is 24.5. The lowest BCUT2D eigenvalue weighted by Crippen LogP contribution is -2.31. The number of likely N-dealkylation sites (tertiary alicyclic amines) is 1. The quantitative estimate of drug-likeness (QED) is 0.820. The molecule has 1 unspecified atom stereocenters. The average molecular weight is 377 g/mol. The fraction of sp³-hybridized carbons (Fsp3) is 0.500. The predicted octanol–water partition coefficient (Wildman–Crippen LogP) is 2.89. The Bertz CT molecular complexity index is 765. The van der Waals surface area contributed by atoms with E-state index in [2.05, 4.69) is 10.1 Å². The van der Waals surface area contributed by atoms with Gasteiger partial charge in [0.2, 0.25) is 0 Å². The van der Waals surface area contributed by atoms with E-state index in [1.54, 1.807) is 16.6 Å². The van der Waals surface area contributed by atoms with E-state index in [4.69, 9.17) is 21.1 Å². The summed E-state index contributed by atoms with van der Waals surface area (Å²) in [5, 5.41) is 4.67. The largest absolute Gasteiger partial charge is 0.490 e. The molecule has 1 amide bonds. The third kappa shape index (κ3) is 3.62. The number of rotatable bonds is 4. The van der Waals surface area contributed by atoms with Gasteiger partial charge in [-0.25, -0.2) is 9.78 Å². The van der Waals surface area contributed by atoms with Gasteiger partial charge in [-0.15, -0.1) is 0 Å². The molecule has 2 heterocycles. The molecule has 2 fully saturated rings. The second-order valence-electron chi connectivity index (χ2n) is 6.94. The van der Waals surface area contributed by atoms with E-state index < -0.39 is 0 Å². The van der Waals surface area contributed by atoms with Gasteiger partial charge in [-0.3, -0.25) is 4.68 Å². The molecule has 138 valence electrons. The van der Waals surface area contributed by atoms with Gasteiger partial charge < -0.3 is 14.4 Å². The van der Waals surface area contributed by atoms with Crippen LogP contribution in [0.25, 0.3) is 0 Å². The standard InChI is InChI=1S/C18H21ClN4O3/c1-22-17(20-11-21-22)10-25-18(24)23-8-12-6-16(7-13(12)9-23)26-15-4-2-14(19)3-5-15/h2-5,11-13,16H,6-10H2,1H3/t12-,13+,16?. The van der Waals surface area contributed by atoms with E-state index >= 15 is 0 Å². The number of hydrogen-bond acceptors (Lipinski definition) is 5. The Morgan fingerprint density at radius 3 is 2.54 bits per heavy atom. The molecular formula is C18H21ClN4O3. The first kappa shape index (κ1) is 17.1. The number of aryl methyl sites for hydroxylation is 1. The highest BCUT2D eigenvalue weighted by Gasteiger charge is 2.43. The fourth-order valence-corrected chi connectivity index (χ4v) is 3.99. The lowest BCUT2D eigenvalue weighted by Gasteiger charge is -2.19. The topological polar surface area (TPSA) is 69.5 Å². The lowest BCUT2D eigenvalue weighted by atomic mass is 10.0. The third-order valence-electron chi connectivity index (χ3n) is 5.21. The van der Waals surface area contributed by atoms with Crippen LogP contribution < -0.4 is 4.74 Å². The Morgan fingerprint density at radius 2 is 1.92 bits per heavy atom. The number of nitrogens with zero attached hydrogens (tertiary/aromatic N) is 4. The Hall–Kier alpha value is -2.28. The second-order valence-corrected chi connectivity index (χ2v) is 7.38. The molecule has 3 atom stereocenters. The monoisotopic (exact) mass is 376 g/mol. The molecule has 1 aromatic heterocycles. The number of hydrogen-bond donors (Lipinski definition) is 0. The first-order chi connectivity index (χ1) is 12.6. The molecule has 4 rings (SSSR count). The van der Waals surface area contributed by atoms with Crippen molar-refractivity contribution >= 4 is 17.7 Å². The molecule has 0 radical (unpaired) electrons. The highest BCUT2D eigenvalue weighted by Crippen LogP contribution is 2.40. The summed E-state index contributed by atoms with van der Waals surface area (Å²) in [6.07, 6.45) is 3.28. The van der Waals surface area contributed by atoms with E-state index in [-0.39, 0.29) is 18.8 Å². The molecule has 8 heteroatoms. The summed E-state index contributed by atoms with van der Waals surface area (Å²) in [6, 6.07) is 7.46. The Labute approximate surface area is 156 Å². The van der Waals surface area contributed by atoms with Crippen molar-refractivity contribution in [3.63, 3.8) is 0 Å². The summed E-state index contributed by atoms with van der Waals surface area (Å²) in [4.78, 5) is 18.1. The Morgan fingerprint density at radius 1 is 1.23 bits per heavy atom. The first-order valence-corrected chi connectivity index (χ1v) is 9.13. The van der Waals surface area contributed by atoms with Crippen molar-refractivity contribution in [1.82, 2.24) is 19.7 Å². The lowest BCUT2D eigenvalue weighted by molar-refractivity contribution is 0.0954. The number of halogens is 1. The number of fused-ring (bicyclic) bond motifs is 1. The minimum Gasteiger partial charge on any atom is -0.490 e. The molecule has 1 saturated carbocycles. The molecule has 0 spiro atoms. The van der Waals surface area contributed by atoms with Gasteiger partial charge in [0.1, 0.15) is 12.1 Å². The summed E-state index contributed by atoms with van der Waals surface area (Å²) < 4.78 is 13.0. The van der Waals surface area contributed by atoms with Crippen molar-refractivity contribution < 1.29 is 14.3 Å². The second kappa shape index (κ2) is 7.15. The van der Waals surface area contributed by atoms with Crippen LogP contribution in [0, 0.1) is 11.8 Å². The zero-order chi connectivity index (χ0) is 18.1. The van der Waals surface area contributed by atoms with Crippen molar-refractivity contribution in [1.29, 1.82) is 0 Å². The third-order valence-corrected chi connectivity index (χ3v) is 5.46. The van der Waals surface area contributed by atoms with Crippen LogP contribution in [0.1, 0.15) is 18.7 Å². The summed E-state index contributed by atoms with van der Waals surface area (Å²) in [5.74, 6) is 2.41. The smallest absolute Gasteiger partial charge is 0.410 e. The molecule has 1 aliphatic carbocycles. The molecule has 7 nitrogen and oxygen atoms in total. The summed E-state index contributed by atoms with van der Waals surface area (Å²) in [6.45, 7) is 1.59. The van der Waals surface area contributed by atoms with Gasteiger partial charge in [-0.2, -0.15) is 5.10 Å². The van der Waals surface area contributed by atoms with Gasteiger partial charge in [0.15, 0.2) is 12.4 Å². The number of benzene rings is 1. The Kier molecular flexibility index (Phi) is 4.72. The van der Waals surface area contributed by atoms with Crippen LogP contribution in [0.5, 0.6) is 5.75 Å². The van der Waals surface area contributed by atoms with Crippen LogP contribution in [-0.2, 0) is 18.4 Å². The van der Waals surface area contributed by atoms with Crippen LogP contribution in [0.2, 0.25) is 5.02 Å². The molecule has 0 N–H and O–H groups in total. The summed E-state index contributed by atoms with van der Waals surface area (Å²) in [5.41, 5.74) is 0. The van der Waals surface area contributed by atoms with Crippen LogP contribution in [0.3, 0.4) is 0 Å². The maximum atomic E-state index is 12.3. The summed E-state index contributed by atoms with van der Waals surface area (Å²) in [7, 11) is 1.78.